The van der Waals surface area contributed by atoms with Crippen molar-refractivity contribution in [2.24, 2.45) is 0 Å². The van der Waals surface area contributed by atoms with Crippen molar-refractivity contribution in [3.05, 3.63) is 22.2 Å². The molecule has 0 amide bonds. The number of methoxy groups -OCH3 is 1. The number of unbranched alkanes of at least 4 members (excludes halogenated alkanes) is 2. The highest BCUT2D eigenvalue weighted by Crippen LogP contribution is 2.37. The van der Waals surface area contributed by atoms with Gasteiger partial charge in [-0.2, -0.15) is 0 Å². The fourth-order valence-corrected chi connectivity index (χ4v) is 2.44. The third kappa shape index (κ3) is 4.51. The molecule has 96 valence electrons. The molecule has 0 saturated heterocycles. The molecule has 0 radical (unpaired) electrons. The maximum Gasteiger partial charge on any atom is 0.175 e. The van der Waals surface area contributed by atoms with Crippen molar-refractivity contribution in [1.82, 2.24) is 0 Å². The zero-order valence-electron chi connectivity index (χ0n) is 10.3. The van der Waals surface area contributed by atoms with Crippen LogP contribution in [-0.2, 0) is 5.33 Å². The molecule has 0 unspecified atom stereocenters. The number of alkyl halides is 1. The van der Waals surface area contributed by atoms with Gasteiger partial charge in [0.2, 0.25) is 0 Å². The second-order valence-corrected chi connectivity index (χ2v) is 5.21. The average Bonchev–Trinajstić information content (AvgIpc) is 2.35. The lowest BCUT2D eigenvalue weighted by Crippen LogP contribution is -2.00. The number of halogens is 2. The summed E-state index contributed by atoms with van der Waals surface area (Å²) in [6, 6.07) is 4.04. The van der Waals surface area contributed by atoms with Crippen LogP contribution in [0, 0.1) is 0 Å². The van der Waals surface area contributed by atoms with E-state index in [1.54, 1.807) is 7.11 Å². The van der Waals surface area contributed by atoms with Crippen LogP contribution >= 0.6 is 31.9 Å². The van der Waals surface area contributed by atoms with Crippen LogP contribution < -0.4 is 9.47 Å². The highest BCUT2D eigenvalue weighted by Gasteiger charge is 2.11. The Kier molecular flexibility index (Phi) is 6.97. The van der Waals surface area contributed by atoms with Crippen molar-refractivity contribution in [2.75, 3.05) is 13.7 Å². The highest BCUT2D eigenvalue weighted by molar-refractivity contribution is 9.10. The second kappa shape index (κ2) is 7.98. The summed E-state index contributed by atoms with van der Waals surface area (Å²) in [5.41, 5.74) is 1.16. The van der Waals surface area contributed by atoms with Crippen LogP contribution in [0.2, 0.25) is 0 Å². The minimum absolute atomic E-state index is 0.733. The second-order valence-electron chi connectivity index (χ2n) is 3.80. The van der Waals surface area contributed by atoms with Crippen LogP contribution in [0.5, 0.6) is 11.5 Å². The molecule has 0 atom stereocenters. The smallest absolute Gasteiger partial charge is 0.175 e. The molecular formula is C13H18Br2O2. The van der Waals surface area contributed by atoms with Gasteiger partial charge < -0.3 is 9.47 Å². The molecule has 0 aliphatic rings. The SMILES string of the molecule is CCCCCOc1c(Br)cc(CBr)cc1OC. The Bertz CT molecular complexity index is 354. The Morgan fingerprint density at radius 1 is 1.24 bits per heavy atom. The predicted molar refractivity (Wildman–Crippen MR) is 78.3 cm³/mol. The van der Waals surface area contributed by atoms with Gasteiger partial charge in [-0.25, -0.2) is 0 Å². The Balaban J connectivity index is 2.75. The van der Waals surface area contributed by atoms with Crippen molar-refractivity contribution in [2.45, 2.75) is 31.5 Å². The van der Waals surface area contributed by atoms with E-state index >= 15 is 0 Å². The number of ether oxygens (including phenoxy) is 2. The van der Waals surface area contributed by atoms with E-state index in [1.807, 2.05) is 12.1 Å². The van der Waals surface area contributed by atoms with Gasteiger partial charge in [0, 0.05) is 5.33 Å². The summed E-state index contributed by atoms with van der Waals surface area (Å²) in [7, 11) is 1.67. The molecule has 1 rings (SSSR count). The van der Waals surface area contributed by atoms with Crippen LogP contribution in [-0.4, -0.2) is 13.7 Å². The monoisotopic (exact) mass is 364 g/mol. The van der Waals surface area contributed by atoms with E-state index < -0.39 is 0 Å². The van der Waals surface area contributed by atoms with Crippen LogP contribution in [0.15, 0.2) is 16.6 Å². The van der Waals surface area contributed by atoms with E-state index in [4.69, 9.17) is 9.47 Å². The predicted octanol–water partition coefficient (Wildman–Crippen LogP) is 4.92. The minimum atomic E-state index is 0.733. The van der Waals surface area contributed by atoms with Crippen molar-refractivity contribution in [3.8, 4) is 11.5 Å². The molecule has 0 fully saturated rings. The van der Waals surface area contributed by atoms with Gasteiger partial charge in [0.05, 0.1) is 18.2 Å². The molecule has 0 aromatic heterocycles. The van der Waals surface area contributed by atoms with E-state index in [-0.39, 0.29) is 0 Å². The number of hydrogen-bond donors (Lipinski definition) is 0. The fraction of sp³-hybridized carbons (Fsp3) is 0.538. The topological polar surface area (TPSA) is 18.5 Å². The fourth-order valence-electron chi connectivity index (χ4n) is 1.52. The Hall–Kier alpha value is -0.220. The first-order valence-corrected chi connectivity index (χ1v) is 7.69. The quantitative estimate of drug-likeness (QED) is 0.504. The summed E-state index contributed by atoms with van der Waals surface area (Å²) in [6.45, 7) is 2.91. The summed E-state index contributed by atoms with van der Waals surface area (Å²) in [5.74, 6) is 1.58. The first-order chi connectivity index (χ1) is 8.22. The maximum atomic E-state index is 5.77. The van der Waals surface area contributed by atoms with Gasteiger partial charge in [0.1, 0.15) is 0 Å². The number of hydrogen-bond acceptors (Lipinski definition) is 2. The first-order valence-electron chi connectivity index (χ1n) is 5.78. The number of benzene rings is 1. The first kappa shape index (κ1) is 14.8. The van der Waals surface area contributed by atoms with Gasteiger partial charge in [0.25, 0.3) is 0 Å². The van der Waals surface area contributed by atoms with E-state index in [2.05, 4.69) is 38.8 Å². The van der Waals surface area contributed by atoms with Crippen molar-refractivity contribution >= 4 is 31.9 Å². The lowest BCUT2D eigenvalue weighted by molar-refractivity contribution is 0.284. The molecule has 2 nitrogen and oxygen atoms in total. The van der Waals surface area contributed by atoms with Crippen LogP contribution in [0.4, 0.5) is 0 Å². The largest absolute Gasteiger partial charge is 0.493 e. The lowest BCUT2D eigenvalue weighted by Gasteiger charge is -2.13. The standard InChI is InChI=1S/C13H18Br2O2/c1-3-4-5-6-17-13-11(15)7-10(9-14)8-12(13)16-2/h7-8H,3-6,9H2,1-2H3. The molecule has 0 aliphatic heterocycles. The molecule has 0 spiro atoms. The molecule has 0 N–H and O–H groups in total. The van der Waals surface area contributed by atoms with Crippen LogP contribution in [0.25, 0.3) is 0 Å². The average molecular weight is 366 g/mol. The minimum Gasteiger partial charge on any atom is -0.493 e. The van der Waals surface area contributed by atoms with Gasteiger partial charge in [-0.3, -0.25) is 0 Å². The third-order valence-corrected chi connectivity index (χ3v) is 3.67. The molecular weight excluding hydrogens is 348 g/mol. The Labute approximate surface area is 120 Å². The third-order valence-electron chi connectivity index (χ3n) is 2.44. The molecule has 4 heteroatoms. The molecule has 0 saturated carbocycles. The molecule has 0 aliphatic carbocycles. The van der Waals surface area contributed by atoms with Crippen LogP contribution in [0.1, 0.15) is 31.7 Å². The molecule has 1 aromatic rings. The van der Waals surface area contributed by atoms with Gasteiger partial charge >= 0.3 is 0 Å². The maximum absolute atomic E-state index is 5.77. The summed E-state index contributed by atoms with van der Waals surface area (Å²) >= 11 is 6.96. The lowest BCUT2D eigenvalue weighted by atomic mass is 10.2. The van der Waals surface area contributed by atoms with Gasteiger partial charge in [-0.15, -0.1) is 0 Å². The Morgan fingerprint density at radius 3 is 2.59 bits per heavy atom. The Morgan fingerprint density at radius 2 is 2.00 bits per heavy atom. The van der Waals surface area contributed by atoms with Crippen LogP contribution in [0.3, 0.4) is 0 Å². The van der Waals surface area contributed by atoms with E-state index in [1.165, 1.54) is 12.8 Å². The molecule has 0 bridgehead atoms. The number of rotatable bonds is 7. The van der Waals surface area contributed by atoms with Gasteiger partial charge in [-0.05, 0) is 40.0 Å². The van der Waals surface area contributed by atoms with E-state index in [9.17, 15) is 0 Å². The zero-order valence-corrected chi connectivity index (χ0v) is 13.4. The molecule has 0 heterocycles. The summed E-state index contributed by atoms with van der Waals surface area (Å²) in [5, 5.41) is 0.804. The normalized spacial score (nSPS) is 10.4. The van der Waals surface area contributed by atoms with Crippen molar-refractivity contribution in [3.63, 3.8) is 0 Å². The van der Waals surface area contributed by atoms with Crippen molar-refractivity contribution in [1.29, 1.82) is 0 Å². The molecule has 17 heavy (non-hydrogen) atoms. The van der Waals surface area contributed by atoms with E-state index in [0.29, 0.717) is 0 Å². The summed E-state index contributed by atoms with van der Waals surface area (Å²) in [4.78, 5) is 0. The van der Waals surface area contributed by atoms with Crippen molar-refractivity contribution < 1.29 is 9.47 Å². The van der Waals surface area contributed by atoms with Gasteiger partial charge in [-0.1, -0.05) is 35.7 Å². The van der Waals surface area contributed by atoms with E-state index in [0.717, 1.165) is 39.9 Å². The zero-order chi connectivity index (χ0) is 12.7. The summed E-state index contributed by atoms with van der Waals surface area (Å²) in [6.07, 6.45) is 3.47. The van der Waals surface area contributed by atoms with Gasteiger partial charge in [0.15, 0.2) is 11.5 Å². The molecule has 1 aromatic carbocycles. The summed E-state index contributed by atoms with van der Waals surface area (Å²) < 4.78 is 12.1. The highest BCUT2D eigenvalue weighted by atomic mass is 79.9.